The van der Waals surface area contributed by atoms with Crippen molar-refractivity contribution in [3.63, 3.8) is 0 Å². The number of carboxylic acid groups (broad SMARTS) is 1. The topological polar surface area (TPSA) is 125 Å². The van der Waals surface area contributed by atoms with Gasteiger partial charge in [0.05, 0.1) is 16.8 Å². The molecule has 2 aromatic rings. The van der Waals surface area contributed by atoms with Gasteiger partial charge in [0, 0.05) is 32.0 Å². The Morgan fingerprint density at radius 1 is 1.06 bits per heavy atom. The maximum atomic E-state index is 12.6. The van der Waals surface area contributed by atoms with Gasteiger partial charge in [-0.1, -0.05) is 39.0 Å². The van der Waals surface area contributed by atoms with Gasteiger partial charge in [0.25, 0.3) is 5.91 Å². The van der Waals surface area contributed by atoms with Gasteiger partial charge < -0.3 is 20.3 Å². The number of aromatic nitrogens is 2. The SMILES string of the molecule is CCCCCCCCNC(=O)Nc1sc(C(=O)NCCCn2ccnc2)c(C)c1C(=O)O. The number of carbonyl (C=O) groups excluding carboxylic acids is 2. The number of hydrogen-bond donors (Lipinski definition) is 4. The highest BCUT2D eigenvalue weighted by atomic mass is 32.1. The van der Waals surface area contributed by atoms with E-state index in [1.54, 1.807) is 19.4 Å². The summed E-state index contributed by atoms with van der Waals surface area (Å²) in [5, 5.41) is 17.9. The normalized spacial score (nSPS) is 10.7. The van der Waals surface area contributed by atoms with Gasteiger partial charge >= 0.3 is 12.0 Å². The van der Waals surface area contributed by atoms with Crippen LogP contribution < -0.4 is 16.0 Å². The molecule has 0 aromatic carbocycles. The van der Waals surface area contributed by atoms with E-state index in [4.69, 9.17) is 0 Å². The van der Waals surface area contributed by atoms with Crippen molar-refractivity contribution in [2.75, 3.05) is 18.4 Å². The summed E-state index contributed by atoms with van der Waals surface area (Å²) in [6.45, 7) is 5.43. The first kappa shape index (κ1) is 25.4. The fraction of sp³-hybridized carbons (Fsp3) is 0.545. The van der Waals surface area contributed by atoms with Gasteiger partial charge in [-0.15, -0.1) is 11.3 Å². The molecule has 0 bridgehead atoms. The zero-order valence-corrected chi connectivity index (χ0v) is 19.6. The third-order valence-corrected chi connectivity index (χ3v) is 6.25. The molecule has 0 fully saturated rings. The molecule has 2 heterocycles. The lowest BCUT2D eigenvalue weighted by molar-refractivity contribution is 0.0697. The van der Waals surface area contributed by atoms with Crippen LogP contribution in [0.1, 0.15) is 77.5 Å². The van der Waals surface area contributed by atoms with Gasteiger partial charge in [0.1, 0.15) is 5.00 Å². The summed E-state index contributed by atoms with van der Waals surface area (Å²) in [7, 11) is 0. The minimum absolute atomic E-state index is 0.0479. The highest BCUT2D eigenvalue weighted by Crippen LogP contribution is 2.33. The molecule has 9 nitrogen and oxygen atoms in total. The lowest BCUT2D eigenvalue weighted by Gasteiger charge is -2.07. The molecule has 0 saturated carbocycles. The second kappa shape index (κ2) is 13.5. The molecule has 0 aliphatic carbocycles. The van der Waals surface area contributed by atoms with Gasteiger partial charge in [-0.25, -0.2) is 14.6 Å². The maximum absolute atomic E-state index is 12.6. The third kappa shape index (κ3) is 7.99. The molecule has 0 unspecified atom stereocenters. The van der Waals surface area contributed by atoms with E-state index in [1.807, 2.05) is 10.8 Å². The van der Waals surface area contributed by atoms with Crippen LogP contribution in [0.2, 0.25) is 0 Å². The molecule has 4 N–H and O–H groups in total. The molecule has 10 heteroatoms. The molecule has 0 spiro atoms. The third-order valence-electron chi connectivity index (χ3n) is 5.05. The average molecular weight is 464 g/mol. The molecule has 0 saturated heterocycles. The summed E-state index contributed by atoms with van der Waals surface area (Å²) in [6, 6.07) is -0.463. The number of hydrogen-bond acceptors (Lipinski definition) is 5. The Labute approximate surface area is 192 Å². The van der Waals surface area contributed by atoms with Crippen molar-refractivity contribution in [1.82, 2.24) is 20.2 Å². The summed E-state index contributed by atoms with van der Waals surface area (Å²) >= 11 is 0.979. The van der Waals surface area contributed by atoms with Crippen LogP contribution in [-0.4, -0.2) is 45.7 Å². The summed E-state index contributed by atoms with van der Waals surface area (Å²) in [5.41, 5.74) is 0.300. The van der Waals surface area contributed by atoms with Crippen LogP contribution in [0.15, 0.2) is 18.7 Å². The molecule has 0 aliphatic rings. The van der Waals surface area contributed by atoms with Crippen LogP contribution in [0, 0.1) is 6.92 Å². The Morgan fingerprint density at radius 2 is 1.78 bits per heavy atom. The van der Waals surface area contributed by atoms with Crippen LogP contribution >= 0.6 is 11.3 Å². The molecule has 3 amide bonds. The molecule has 0 radical (unpaired) electrons. The van der Waals surface area contributed by atoms with E-state index in [9.17, 15) is 19.5 Å². The number of nitrogens with zero attached hydrogens (tertiary/aromatic N) is 2. The van der Waals surface area contributed by atoms with Crippen LogP contribution in [0.25, 0.3) is 0 Å². The van der Waals surface area contributed by atoms with Crippen molar-refractivity contribution < 1.29 is 19.5 Å². The van der Waals surface area contributed by atoms with Crippen LogP contribution in [0.4, 0.5) is 9.80 Å². The Balaban J connectivity index is 1.86. The van der Waals surface area contributed by atoms with Crippen molar-refractivity contribution in [1.29, 1.82) is 0 Å². The summed E-state index contributed by atoms with van der Waals surface area (Å²) in [5.74, 6) is -1.52. The number of urea groups is 1. The van der Waals surface area contributed by atoms with E-state index >= 15 is 0 Å². The van der Waals surface area contributed by atoms with Crippen LogP contribution in [-0.2, 0) is 6.54 Å². The monoisotopic (exact) mass is 463 g/mol. The second-order valence-corrected chi connectivity index (χ2v) is 8.64. The van der Waals surface area contributed by atoms with Crippen molar-refractivity contribution in [3.8, 4) is 0 Å². The van der Waals surface area contributed by atoms with E-state index < -0.39 is 12.0 Å². The predicted octanol–water partition coefficient (Wildman–Crippen LogP) is 4.25. The minimum Gasteiger partial charge on any atom is -0.478 e. The molecular weight excluding hydrogens is 430 g/mol. The smallest absolute Gasteiger partial charge is 0.339 e. The molecule has 0 aliphatic heterocycles. The van der Waals surface area contributed by atoms with E-state index in [0.717, 1.165) is 37.1 Å². The lowest BCUT2D eigenvalue weighted by Crippen LogP contribution is -2.29. The number of unbranched alkanes of at least 4 members (excludes halogenated alkanes) is 5. The largest absolute Gasteiger partial charge is 0.478 e. The number of carbonyl (C=O) groups is 3. The Kier molecular flexibility index (Phi) is 10.7. The van der Waals surface area contributed by atoms with E-state index in [-0.39, 0.29) is 21.3 Å². The molecular formula is C22H33N5O4S. The lowest BCUT2D eigenvalue weighted by atomic mass is 10.1. The first-order valence-electron chi connectivity index (χ1n) is 11.1. The number of rotatable bonds is 14. The van der Waals surface area contributed by atoms with E-state index in [2.05, 4.69) is 27.9 Å². The number of carboxylic acids is 1. The maximum Gasteiger partial charge on any atom is 0.339 e. The zero-order valence-electron chi connectivity index (χ0n) is 18.8. The van der Waals surface area contributed by atoms with Gasteiger partial charge in [-0.05, 0) is 25.3 Å². The van der Waals surface area contributed by atoms with Gasteiger partial charge in [-0.2, -0.15) is 0 Å². The minimum atomic E-state index is -1.18. The summed E-state index contributed by atoms with van der Waals surface area (Å²) in [4.78, 5) is 40.8. The molecule has 0 atom stereocenters. The Bertz CT molecular complexity index is 879. The molecule has 32 heavy (non-hydrogen) atoms. The first-order chi connectivity index (χ1) is 15.4. The molecule has 2 rings (SSSR count). The standard InChI is InChI=1S/C22H33N5O4S/c1-3-4-5-6-7-8-10-25-22(31)26-20-17(21(29)30)16(2)18(32-20)19(28)24-11-9-13-27-14-12-23-15-27/h12,14-15H,3-11,13H2,1-2H3,(H,24,28)(H,29,30)(H2,25,26,31). The number of anilines is 1. The molecule has 176 valence electrons. The van der Waals surface area contributed by atoms with Crippen molar-refractivity contribution in [2.24, 2.45) is 0 Å². The Hall–Kier alpha value is -2.88. The first-order valence-corrected chi connectivity index (χ1v) is 11.9. The number of imidazole rings is 1. The van der Waals surface area contributed by atoms with Crippen molar-refractivity contribution in [2.45, 2.75) is 65.3 Å². The predicted molar refractivity (Wildman–Crippen MR) is 126 cm³/mol. The zero-order chi connectivity index (χ0) is 23.3. The average Bonchev–Trinajstić information content (AvgIpc) is 3.38. The second-order valence-electron chi connectivity index (χ2n) is 7.62. The van der Waals surface area contributed by atoms with Crippen LogP contribution in [0.3, 0.4) is 0 Å². The van der Waals surface area contributed by atoms with Crippen molar-refractivity contribution >= 4 is 34.2 Å². The number of amides is 3. The fourth-order valence-electron chi connectivity index (χ4n) is 3.29. The fourth-order valence-corrected chi connectivity index (χ4v) is 4.40. The van der Waals surface area contributed by atoms with Gasteiger partial charge in [0.2, 0.25) is 0 Å². The summed E-state index contributed by atoms with van der Waals surface area (Å²) in [6.07, 6.45) is 12.6. The van der Waals surface area contributed by atoms with Crippen LogP contribution in [0.5, 0.6) is 0 Å². The number of nitrogens with one attached hydrogen (secondary N) is 3. The number of thiophene rings is 1. The summed E-state index contributed by atoms with van der Waals surface area (Å²) < 4.78 is 1.91. The van der Waals surface area contributed by atoms with E-state index in [0.29, 0.717) is 25.1 Å². The van der Waals surface area contributed by atoms with Gasteiger partial charge in [0.15, 0.2) is 0 Å². The molecule has 2 aromatic heterocycles. The Morgan fingerprint density at radius 3 is 2.47 bits per heavy atom. The highest BCUT2D eigenvalue weighted by molar-refractivity contribution is 7.18. The number of aromatic carboxylic acids is 1. The number of aryl methyl sites for hydroxylation is 1. The quantitative estimate of drug-likeness (QED) is 0.312. The highest BCUT2D eigenvalue weighted by Gasteiger charge is 2.25. The van der Waals surface area contributed by atoms with Crippen molar-refractivity contribution in [3.05, 3.63) is 34.7 Å². The van der Waals surface area contributed by atoms with E-state index in [1.165, 1.54) is 19.3 Å². The van der Waals surface area contributed by atoms with Gasteiger partial charge in [-0.3, -0.25) is 10.1 Å².